The lowest BCUT2D eigenvalue weighted by Gasteiger charge is -2.44. The van der Waals surface area contributed by atoms with Gasteiger partial charge in [0, 0.05) is 12.3 Å². The van der Waals surface area contributed by atoms with Crippen LogP contribution in [-0.2, 0) is 50.9 Å². The summed E-state index contributed by atoms with van der Waals surface area (Å²) in [5, 5.41) is 31.6. The molecule has 1 rings (SSSR count). The van der Waals surface area contributed by atoms with Crippen molar-refractivity contribution < 1.29 is 90.6 Å². The lowest BCUT2D eigenvalue weighted by Crippen LogP contribution is -2.65. The second-order valence-electron chi connectivity index (χ2n) is 13.3. The number of aliphatic hydroxyl groups excluding tert-OH is 3. The van der Waals surface area contributed by atoms with Crippen molar-refractivity contribution in [2.24, 2.45) is 0 Å². The van der Waals surface area contributed by atoms with Crippen LogP contribution in [0.5, 0.6) is 0 Å². The number of ether oxygens (including phenoxy) is 2. The third kappa shape index (κ3) is 27.2. The molecule has 1 fully saturated rings. The van der Waals surface area contributed by atoms with Crippen molar-refractivity contribution in [1.82, 2.24) is 0 Å². The van der Waals surface area contributed by atoms with Gasteiger partial charge in [-0.05, 0) is 72.5 Å². The van der Waals surface area contributed by atoms with Crippen molar-refractivity contribution in [2.45, 2.75) is 146 Å². The monoisotopic (exact) mass is 918 g/mol. The first-order valence-electron chi connectivity index (χ1n) is 19.3. The van der Waals surface area contributed by atoms with Gasteiger partial charge < -0.3 is 49.3 Å². The Kier molecular flexibility index (Phi) is 27.8. The molecule has 0 amide bonds. The maximum atomic E-state index is 13.0. The molecule has 0 aromatic heterocycles. The Morgan fingerprint density at radius 2 is 0.951 bits per heavy atom. The van der Waals surface area contributed by atoms with E-state index in [1.165, 1.54) is 44.9 Å². The van der Waals surface area contributed by atoms with Gasteiger partial charge in [0.1, 0.15) is 43.2 Å². The van der Waals surface area contributed by atoms with E-state index in [2.05, 4.69) is 81.1 Å². The normalized spacial score (nSPS) is 20.9. The molecular formula is C39H53O19P3. The predicted molar refractivity (Wildman–Crippen MR) is 216 cm³/mol. The molecule has 0 saturated heterocycles. The summed E-state index contributed by atoms with van der Waals surface area (Å²) in [6.07, 6.45) is -3.04. The minimum atomic E-state index is -5.58. The van der Waals surface area contributed by atoms with Crippen molar-refractivity contribution in [3.8, 4) is 71.0 Å². The second-order valence-corrected chi connectivity index (χ2v) is 17.0. The third-order valence-electron chi connectivity index (χ3n) is 8.25. The summed E-state index contributed by atoms with van der Waals surface area (Å²) >= 11 is 0. The summed E-state index contributed by atoms with van der Waals surface area (Å²) in [4.78, 5) is 72.4. The molecule has 1 aliphatic rings. The van der Waals surface area contributed by atoms with Crippen molar-refractivity contribution >= 4 is 35.4 Å². The molecule has 8 N–H and O–H groups in total. The number of carbonyl (C=O) groups is 2. The Labute approximate surface area is 356 Å². The van der Waals surface area contributed by atoms with E-state index in [0.29, 0.717) is 12.8 Å². The van der Waals surface area contributed by atoms with Crippen molar-refractivity contribution in [1.29, 1.82) is 0 Å². The van der Waals surface area contributed by atoms with Gasteiger partial charge in [-0.25, -0.2) is 18.5 Å². The molecule has 8 atom stereocenters. The van der Waals surface area contributed by atoms with Gasteiger partial charge >= 0.3 is 35.4 Å². The van der Waals surface area contributed by atoms with Gasteiger partial charge in [0.2, 0.25) is 0 Å². The van der Waals surface area contributed by atoms with Gasteiger partial charge in [0.05, 0.1) is 6.61 Å². The van der Waals surface area contributed by atoms with E-state index in [1.807, 2.05) is 5.92 Å². The number of hydrogen-bond donors (Lipinski definition) is 8. The minimum absolute atomic E-state index is 0.0829. The fourth-order valence-corrected chi connectivity index (χ4v) is 7.57. The molecular weight excluding hydrogens is 865 g/mol. The van der Waals surface area contributed by atoms with Crippen LogP contribution in [0.3, 0.4) is 0 Å². The molecule has 5 unspecified atom stereocenters. The largest absolute Gasteiger partial charge is 0.472 e. The van der Waals surface area contributed by atoms with Gasteiger partial charge in [-0.15, -0.1) is 0 Å². The zero-order chi connectivity index (χ0) is 45.7. The molecule has 0 aromatic carbocycles. The number of phosphoric acid groups is 3. The average molecular weight is 919 g/mol. The highest BCUT2D eigenvalue weighted by Crippen LogP contribution is 2.51. The number of aliphatic hydroxyl groups is 3. The summed E-state index contributed by atoms with van der Waals surface area (Å²) < 4.78 is 64.5. The number of rotatable bonds is 26. The highest BCUT2D eigenvalue weighted by Gasteiger charge is 2.56. The Morgan fingerprint density at radius 3 is 1.38 bits per heavy atom. The minimum Gasteiger partial charge on any atom is -0.456 e. The van der Waals surface area contributed by atoms with Crippen LogP contribution in [0.15, 0.2) is 0 Å². The predicted octanol–water partition coefficient (Wildman–Crippen LogP) is 2.52. The fraction of sp³-hybridized carbons (Fsp3) is 0.641. The van der Waals surface area contributed by atoms with E-state index in [9.17, 15) is 63.1 Å². The van der Waals surface area contributed by atoms with Crippen LogP contribution >= 0.6 is 23.5 Å². The Morgan fingerprint density at radius 1 is 0.557 bits per heavy atom. The summed E-state index contributed by atoms with van der Waals surface area (Å²) in [6.45, 7) is 1.96. The first kappa shape index (κ1) is 55.5. The average Bonchev–Trinajstić information content (AvgIpc) is 3.18. The molecule has 0 heterocycles. The summed E-state index contributed by atoms with van der Waals surface area (Å²) in [7, 11) is -16.7. The van der Waals surface area contributed by atoms with Crippen LogP contribution < -0.4 is 0 Å². The first-order chi connectivity index (χ1) is 28.8. The van der Waals surface area contributed by atoms with Crippen LogP contribution in [0.25, 0.3) is 0 Å². The van der Waals surface area contributed by atoms with Crippen molar-refractivity contribution in [3.63, 3.8) is 0 Å². The highest BCUT2D eigenvalue weighted by molar-refractivity contribution is 7.47. The van der Waals surface area contributed by atoms with Gasteiger partial charge in [0.15, 0.2) is 6.10 Å². The fourth-order valence-electron chi connectivity index (χ4n) is 5.47. The maximum Gasteiger partial charge on any atom is 0.472 e. The summed E-state index contributed by atoms with van der Waals surface area (Å²) in [5.74, 6) is 26.3. The lowest BCUT2D eigenvalue weighted by atomic mass is 9.85. The Balaban J connectivity index is 2.97. The molecule has 19 nitrogen and oxygen atoms in total. The van der Waals surface area contributed by atoms with Gasteiger partial charge in [0.25, 0.3) is 0 Å². The molecule has 1 aliphatic carbocycles. The lowest BCUT2D eigenvalue weighted by molar-refractivity contribution is -0.213. The first-order valence-corrected chi connectivity index (χ1v) is 23.8. The zero-order valence-electron chi connectivity index (χ0n) is 33.8. The van der Waals surface area contributed by atoms with Crippen LogP contribution in [0.1, 0.15) is 104 Å². The van der Waals surface area contributed by atoms with Gasteiger partial charge in [-0.2, -0.15) is 0 Å². The van der Waals surface area contributed by atoms with E-state index >= 15 is 0 Å². The molecule has 0 bridgehead atoms. The molecule has 0 spiro atoms. The molecule has 22 heteroatoms. The van der Waals surface area contributed by atoms with Crippen LogP contribution in [0.2, 0.25) is 0 Å². The van der Waals surface area contributed by atoms with Gasteiger partial charge in [-0.3, -0.25) is 22.9 Å². The molecule has 338 valence electrons. The van der Waals surface area contributed by atoms with Crippen LogP contribution in [0, 0.1) is 71.0 Å². The summed E-state index contributed by atoms with van der Waals surface area (Å²) in [5.41, 5.74) is 0. The quantitative estimate of drug-likeness (QED) is 0.0203. The van der Waals surface area contributed by atoms with E-state index in [1.54, 1.807) is 6.92 Å². The highest BCUT2D eigenvalue weighted by atomic mass is 31.2. The third-order valence-corrected chi connectivity index (χ3v) is 10.3. The van der Waals surface area contributed by atoms with E-state index in [0.717, 1.165) is 25.7 Å². The molecule has 61 heavy (non-hydrogen) atoms. The van der Waals surface area contributed by atoms with Crippen LogP contribution in [-0.4, -0.2) is 108 Å². The number of phosphoric ester groups is 3. The number of unbranched alkanes of at least 4 members (excludes halogenated alkanes) is 12. The number of hydrogen-bond acceptors (Lipinski definition) is 14. The maximum absolute atomic E-state index is 13.0. The van der Waals surface area contributed by atoms with E-state index < -0.39 is 91.3 Å². The topological polar surface area (TPSA) is 303 Å². The molecule has 1 saturated carbocycles. The van der Waals surface area contributed by atoms with Gasteiger partial charge in [-0.1, -0.05) is 89.9 Å². The second kappa shape index (κ2) is 30.5. The smallest absolute Gasteiger partial charge is 0.456 e. The number of esters is 2. The molecule has 0 aromatic rings. The standard InChI is InChI=1S/C39H53O19P3/c1-3-5-7-9-11-13-15-16-18-20-22-24-26-28-33(41)55-31(29-53-32(40)27-25-23-21-19-17-14-12-10-8-6-4-2)30-54-61(51,52)58-39-35(43)37(56-59(45,46)47)34(42)38(36(39)44)57-60(48,49)50/h31,34-39,42-44H,3,5,7,9,11,13,15-16,18,20,22,24,26,28-30H2,1-2H3,(H,51,52)(H2,45,46,47)(H2,48,49,50)/t31-,34?,35+,36?,37?,38-,39?/m1/s1. The zero-order valence-corrected chi connectivity index (χ0v) is 36.4. The van der Waals surface area contributed by atoms with E-state index in [4.69, 9.17) is 18.5 Å². The van der Waals surface area contributed by atoms with E-state index in [-0.39, 0.29) is 6.42 Å². The van der Waals surface area contributed by atoms with Crippen molar-refractivity contribution in [3.05, 3.63) is 0 Å². The SMILES string of the molecule is CC#CC#CC#CC#CC#CC#CC(=O)OC[C@H](COP(=O)(O)OC1C(O)[C@H](OP(=O)(O)O)C(O)C(OP(=O)(O)O)[C@@H]1O)OC(=O)CCCCCCCCCCCCCCC. The molecule has 0 radical (unpaired) electrons. The van der Waals surface area contributed by atoms with Crippen molar-refractivity contribution in [2.75, 3.05) is 13.2 Å². The summed E-state index contributed by atoms with van der Waals surface area (Å²) in [6, 6.07) is 0. The molecule has 0 aliphatic heterocycles. The number of carbonyl (C=O) groups excluding carboxylic acids is 2. The Hall–Kier alpha value is -3.49. The van der Waals surface area contributed by atoms with Crippen LogP contribution in [0.4, 0.5) is 0 Å². The Bertz CT molecular complexity index is 1890.